The Labute approximate surface area is 329 Å². The van der Waals surface area contributed by atoms with E-state index in [-0.39, 0.29) is 0 Å². The lowest BCUT2D eigenvalue weighted by Gasteiger charge is -2.12. The van der Waals surface area contributed by atoms with E-state index in [4.69, 9.17) is 0 Å². The molecular formula is C54H35N3. The average molecular weight is 726 g/mol. The molecule has 3 aromatic heterocycles. The maximum Gasteiger partial charge on any atom is 0.0641 e. The minimum Gasteiger partial charge on any atom is -0.309 e. The van der Waals surface area contributed by atoms with Gasteiger partial charge < -0.3 is 13.7 Å². The van der Waals surface area contributed by atoms with E-state index in [2.05, 4.69) is 226 Å². The fourth-order valence-electron chi connectivity index (χ4n) is 9.32. The zero-order chi connectivity index (χ0) is 37.5. The van der Waals surface area contributed by atoms with Crippen LogP contribution in [-0.4, -0.2) is 13.7 Å². The van der Waals surface area contributed by atoms with Crippen LogP contribution in [0.1, 0.15) is 0 Å². The second-order valence-corrected chi connectivity index (χ2v) is 14.9. The van der Waals surface area contributed by atoms with Gasteiger partial charge in [0, 0.05) is 49.4 Å². The molecule has 12 rings (SSSR count). The highest BCUT2D eigenvalue weighted by Crippen LogP contribution is 2.43. The summed E-state index contributed by atoms with van der Waals surface area (Å²) in [5, 5.41) is 7.46. The third-order valence-electron chi connectivity index (χ3n) is 11.8. The molecule has 0 saturated carbocycles. The lowest BCUT2D eigenvalue weighted by atomic mass is 10.0. The van der Waals surface area contributed by atoms with Gasteiger partial charge in [-0.3, -0.25) is 0 Å². The molecule has 0 fully saturated rings. The second-order valence-electron chi connectivity index (χ2n) is 14.9. The Balaban J connectivity index is 1.19. The van der Waals surface area contributed by atoms with Crippen molar-refractivity contribution in [3.8, 4) is 39.3 Å². The molecule has 0 atom stereocenters. The van der Waals surface area contributed by atoms with Crippen LogP contribution >= 0.6 is 0 Å². The van der Waals surface area contributed by atoms with Crippen LogP contribution in [0.25, 0.3) is 105 Å². The molecule has 0 aliphatic rings. The molecule has 0 amide bonds. The first-order valence-corrected chi connectivity index (χ1v) is 19.6. The van der Waals surface area contributed by atoms with Crippen LogP contribution in [0.5, 0.6) is 0 Å². The van der Waals surface area contributed by atoms with E-state index < -0.39 is 0 Å². The molecule has 0 bridgehead atoms. The number of hydrogen-bond acceptors (Lipinski definition) is 0. The average Bonchev–Trinajstić information content (AvgIpc) is 3.92. The Kier molecular flexibility index (Phi) is 6.93. The van der Waals surface area contributed by atoms with Crippen molar-refractivity contribution in [1.82, 2.24) is 13.7 Å². The molecule has 0 N–H and O–H groups in total. The van der Waals surface area contributed by atoms with E-state index >= 15 is 0 Å². The van der Waals surface area contributed by atoms with Gasteiger partial charge >= 0.3 is 0 Å². The van der Waals surface area contributed by atoms with Crippen molar-refractivity contribution in [1.29, 1.82) is 0 Å². The van der Waals surface area contributed by atoms with Crippen molar-refractivity contribution < 1.29 is 0 Å². The topological polar surface area (TPSA) is 14.8 Å². The van der Waals surface area contributed by atoms with Crippen molar-refractivity contribution in [3.63, 3.8) is 0 Å². The van der Waals surface area contributed by atoms with Gasteiger partial charge in [0.1, 0.15) is 0 Å². The van der Waals surface area contributed by atoms with Gasteiger partial charge in [-0.1, -0.05) is 152 Å². The van der Waals surface area contributed by atoms with Crippen LogP contribution in [0.4, 0.5) is 0 Å². The van der Waals surface area contributed by atoms with Gasteiger partial charge in [-0.2, -0.15) is 0 Å². The summed E-state index contributed by atoms with van der Waals surface area (Å²) in [6, 6.07) is 77.4. The van der Waals surface area contributed by atoms with Gasteiger partial charge in [0.2, 0.25) is 0 Å². The highest BCUT2D eigenvalue weighted by Gasteiger charge is 2.22. The van der Waals surface area contributed by atoms with Gasteiger partial charge in [-0.15, -0.1) is 0 Å². The Morgan fingerprint density at radius 1 is 0.228 bits per heavy atom. The molecule has 0 saturated heterocycles. The Hall–Kier alpha value is -7.62. The third-order valence-corrected chi connectivity index (χ3v) is 11.8. The maximum absolute atomic E-state index is 2.49. The van der Waals surface area contributed by atoms with Crippen LogP contribution < -0.4 is 0 Å². The SMILES string of the molecule is c1ccc(-c2ccc(-n3c4cc(-n5c6ccccc6c6ccccc65)ccc4c4c3ccc3c5ccccc5n(-c5cccc(-c6ccccc6)c5)c34)cc2)cc1. The molecule has 0 unspecified atom stereocenters. The van der Waals surface area contributed by atoms with E-state index in [1.165, 1.54) is 87.7 Å². The summed E-state index contributed by atoms with van der Waals surface area (Å²) in [4.78, 5) is 0. The van der Waals surface area contributed by atoms with Crippen LogP contribution in [-0.2, 0) is 0 Å². The van der Waals surface area contributed by atoms with Crippen LogP contribution in [0.3, 0.4) is 0 Å². The van der Waals surface area contributed by atoms with E-state index in [9.17, 15) is 0 Å². The predicted octanol–water partition coefficient (Wildman–Crippen LogP) is 14.3. The molecule has 0 aliphatic carbocycles. The Morgan fingerprint density at radius 2 is 0.702 bits per heavy atom. The van der Waals surface area contributed by atoms with Crippen molar-refractivity contribution in [2.45, 2.75) is 0 Å². The number of nitrogens with zero attached hydrogens (tertiary/aromatic N) is 3. The molecule has 0 spiro atoms. The maximum atomic E-state index is 2.49. The molecule has 3 heteroatoms. The number of para-hydroxylation sites is 3. The van der Waals surface area contributed by atoms with Crippen molar-refractivity contribution in [2.75, 3.05) is 0 Å². The monoisotopic (exact) mass is 725 g/mol. The van der Waals surface area contributed by atoms with E-state index in [0.717, 1.165) is 17.1 Å². The fraction of sp³-hybridized carbons (Fsp3) is 0. The standard InChI is InChI=1S/C54H35N3/c1-3-14-36(15-4-1)38-26-28-40(29-27-38)55-51-33-32-46-45-22-9-12-25-50(45)57(41-19-13-18-39(34-41)37-16-5-2-6-17-37)54(46)53(51)47-31-30-42(35-52(47)55)56-48-23-10-7-20-43(48)44-21-8-11-24-49(44)56/h1-35H. The van der Waals surface area contributed by atoms with Crippen LogP contribution in [0.2, 0.25) is 0 Å². The Bertz CT molecular complexity index is 3440. The zero-order valence-electron chi connectivity index (χ0n) is 31.0. The fourth-order valence-corrected chi connectivity index (χ4v) is 9.32. The largest absolute Gasteiger partial charge is 0.309 e. The number of hydrogen-bond donors (Lipinski definition) is 0. The predicted molar refractivity (Wildman–Crippen MR) is 240 cm³/mol. The third kappa shape index (κ3) is 4.79. The van der Waals surface area contributed by atoms with Crippen LogP contribution in [0, 0.1) is 0 Å². The highest BCUT2D eigenvalue weighted by atomic mass is 15.0. The van der Waals surface area contributed by atoms with Gasteiger partial charge in [0.15, 0.2) is 0 Å². The van der Waals surface area contributed by atoms with E-state index in [1.807, 2.05) is 0 Å². The first-order valence-electron chi connectivity index (χ1n) is 19.6. The summed E-state index contributed by atoms with van der Waals surface area (Å²) < 4.78 is 7.38. The van der Waals surface area contributed by atoms with Crippen molar-refractivity contribution in [3.05, 3.63) is 212 Å². The van der Waals surface area contributed by atoms with Gasteiger partial charge in [0.25, 0.3) is 0 Å². The van der Waals surface area contributed by atoms with Gasteiger partial charge in [0.05, 0.1) is 33.1 Å². The van der Waals surface area contributed by atoms with Gasteiger partial charge in [-0.05, 0) is 82.9 Å². The number of aromatic nitrogens is 3. The Morgan fingerprint density at radius 3 is 1.37 bits per heavy atom. The smallest absolute Gasteiger partial charge is 0.0641 e. The summed E-state index contributed by atoms with van der Waals surface area (Å²) in [6.07, 6.45) is 0. The number of benzene rings is 9. The molecular weight excluding hydrogens is 691 g/mol. The van der Waals surface area contributed by atoms with E-state index in [0.29, 0.717) is 0 Å². The normalized spacial score (nSPS) is 11.9. The zero-order valence-corrected chi connectivity index (χ0v) is 31.0. The molecule has 3 heterocycles. The molecule has 266 valence electrons. The molecule has 12 aromatic rings. The number of rotatable bonds is 5. The molecule has 0 aliphatic heterocycles. The molecule has 57 heavy (non-hydrogen) atoms. The summed E-state index contributed by atoms with van der Waals surface area (Å²) in [5.41, 5.74) is 15.4. The number of fused-ring (bicyclic) bond motifs is 10. The summed E-state index contributed by atoms with van der Waals surface area (Å²) in [6.45, 7) is 0. The van der Waals surface area contributed by atoms with Crippen LogP contribution in [0.15, 0.2) is 212 Å². The first kappa shape index (κ1) is 31.7. The molecule has 9 aromatic carbocycles. The molecule has 0 radical (unpaired) electrons. The van der Waals surface area contributed by atoms with Crippen molar-refractivity contribution in [2.24, 2.45) is 0 Å². The lowest BCUT2D eigenvalue weighted by molar-refractivity contribution is 1.15. The molecule has 3 nitrogen and oxygen atoms in total. The summed E-state index contributed by atoms with van der Waals surface area (Å²) in [5.74, 6) is 0. The summed E-state index contributed by atoms with van der Waals surface area (Å²) in [7, 11) is 0. The minimum atomic E-state index is 1.13. The minimum absolute atomic E-state index is 1.13. The van der Waals surface area contributed by atoms with E-state index in [1.54, 1.807) is 0 Å². The lowest BCUT2D eigenvalue weighted by Crippen LogP contribution is -1.97. The first-order chi connectivity index (χ1) is 28.3. The summed E-state index contributed by atoms with van der Waals surface area (Å²) >= 11 is 0. The second kappa shape index (κ2) is 12.5. The highest BCUT2D eigenvalue weighted by molar-refractivity contribution is 6.26. The van der Waals surface area contributed by atoms with Crippen molar-refractivity contribution >= 4 is 65.4 Å². The quantitative estimate of drug-likeness (QED) is 0.168. The van der Waals surface area contributed by atoms with Gasteiger partial charge in [-0.25, -0.2) is 0 Å².